The molecule has 3 unspecified atom stereocenters. The van der Waals surface area contributed by atoms with Crippen LogP contribution in [0.4, 0.5) is 0 Å². The normalized spacial score (nSPS) is 27.8. The smallest absolute Gasteiger partial charge is 0.262 e. The van der Waals surface area contributed by atoms with E-state index < -0.39 is 41.8 Å². The molecule has 2 heterocycles. The first-order chi connectivity index (χ1) is 14.0. The van der Waals surface area contributed by atoms with Crippen molar-refractivity contribution < 1.29 is 29.3 Å². The minimum atomic E-state index is -1.12. The van der Waals surface area contributed by atoms with Crippen molar-refractivity contribution in [2.75, 3.05) is 6.61 Å². The number of aliphatic hydroxyl groups excluding tert-OH is 2. The summed E-state index contributed by atoms with van der Waals surface area (Å²) in [5.41, 5.74) is 0.335. The molecule has 0 radical (unpaired) electrons. The summed E-state index contributed by atoms with van der Waals surface area (Å²) in [6.07, 6.45) is -2.56. The average Bonchev–Trinajstić information content (AvgIpc) is 2.98. The van der Waals surface area contributed by atoms with Gasteiger partial charge in [0, 0.05) is 12.0 Å². The minimum Gasteiger partial charge on any atom is -0.391 e. The summed E-state index contributed by atoms with van der Waals surface area (Å²) in [4.78, 5) is 26.4. The summed E-state index contributed by atoms with van der Waals surface area (Å²) in [5.74, 6) is -0.932. The number of carbonyl (C=O) groups is 2. The van der Waals surface area contributed by atoms with Crippen molar-refractivity contribution in [1.82, 2.24) is 4.90 Å². The molecular weight excluding hydrogens is 394 g/mol. The first-order valence-electron chi connectivity index (χ1n) is 9.30. The van der Waals surface area contributed by atoms with Gasteiger partial charge in [-0.3, -0.25) is 14.5 Å². The number of ether oxygens (including phenoxy) is 2. The van der Waals surface area contributed by atoms with E-state index in [0.29, 0.717) is 16.7 Å². The molecule has 2 N–H and O–H groups in total. The van der Waals surface area contributed by atoms with Gasteiger partial charge in [0.05, 0.1) is 29.9 Å². The molecule has 2 aromatic carbocycles. The lowest BCUT2D eigenvalue weighted by molar-refractivity contribution is -0.166. The molecule has 1 saturated heterocycles. The predicted octanol–water partition coefficient (Wildman–Crippen LogP) is 1.76. The van der Waals surface area contributed by atoms with Crippen LogP contribution in [-0.2, 0) is 9.47 Å². The van der Waals surface area contributed by atoms with Crippen LogP contribution in [0.15, 0.2) is 54.6 Å². The van der Waals surface area contributed by atoms with Gasteiger partial charge in [0.2, 0.25) is 0 Å². The summed E-state index contributed by atoms with van der Waals surface area (Å²) in [6.45, 7) is 0.0268. The van der Waals surface area contributed by atoms with Crippen molar-refractivity contribution in [3.8, 4) is 0 Å². The van der Waals surface area contributed by atoms with Crippen LogP contribution in [0.5, 0.6) is 0 Å². The molecule has 0 bridgehead atoms. The fraction of sp³-hybridized carbons (Fsp3) is 0.333. The van der Waals surface area contributed by atoms with Crippen LogP contribution in [-0.4, -0.2) is 57.2 Å². The average molecular weight is 415 g/mol. The molecule has 4 rings (SSSR count). The molecule has 2 aromatic rings. The number of imide groups is 1. The summed E-state index contributed by atoms with van der Waals surface area (Å²) in [6, 6.07) is 14.5. The van der Waals surface area contributed by atoms with Gasteiger partial charge in [0.15, 0.2) is 6.29 Å². The van der Waals surface area contributed by atoms with E-state index in [9.17, 15) is 19.8 Å². The second-order valence-electron chi connectivity index (χ2n) is 7.06. The van der Waals surface area contributed by atoms with E-state index in [4.69, 9.17) is 9.47 Å². The first kappa shape index (κ1) is 20.1. The largest absolute Gasteiger partial charge is 0.391 e. The third-order valence-corrected chi connectivity index (χ3v) is 5.60. The van der Waals surface area contributed by atoms with Gasteiger partial charge in [-0.2, -0.15) is 0 Å². The molecule has 29 heavy (non-hydrogen) atoms. The van der Waals surface area contributed by atoms with Gasteiger partial charge in [0.25, 0.3) is 11.8 Å². The Morgan fingerprint density at radius 2 is 1.66 bits per heavy atom. The van der Waals surface area contributed by atoms with Crippen molar-refractivity contribution in [2.24, 2.45) is 0 Å². The first-order valence-corrected chi connectivity index (χ1v) is 9.82. The van der Waals surface area contributed by atoms with Crippen LogP contribution in [0.3, 0.4) is 0 Å². The maximum absolute atomic E-state index is 12.7. The second kappa shape index (κ2) is 8.25. The number of hydrogen-bond acceptors (Lipinski definition) is 7. The molecule has 152 valence electrons. The van der Waals surface area contributed by atoms with Crippen LogP contribution in [0.1, 0.15) is 39.0 Å². The van der Waals surface area contributed by atoms with E-state index in [1.165, 1.54) is 0 Å². The van der Waals surface area contributed by atoms with Gasteiger partial charge in [-0.1, -0.05) is 42.5 Å². The number of benzene rings is 2. The summed E-state index contributed by atoms with van der Waals surface area (Å²) in [7, 11) is 0. The van der Waals surface area contributed by atoms with Gasteiger partial charge in [0.1, 0.15) is 11.5 Å². The predicted molar refractivity (Wildman–Crippen MR) is 106 cm³/mol. The Labute approximate surface area is 173 Å². The lowest BCUT2D eigenvalue weighted by Gasteiger charge is -2.41. The van der Waals surface area contributed by atoms with Crippen molar-refractivity contribution in [3.63, 3.8) is 0 Å². The fourth-order valence-corrected chi connectivity index (χ4v) is 4.23. The van der Waals surface area contributed by atoms with Crippen molar-refractivity contribution >= 4 is 24.4 Å². The van der Waals surface area contributed by atoms with E-state index in [1.54, 1.807) is 48.5 Å². The van der Waals surface area contributed by atoms with Crippen LogP contribution in [0, 0.1) is 0 Å². The molecule has 2 aliphatic rings. The number of carbonyl (C=O) groups excluding carboxylic acids is 2. The third-order valence-electron chi connectivity index (χ3n) is 5.17. The maximum Gasteiger partial charge on any atom is 0.262 e. The highest BCUT2D eigenvalue weighted by molar-refractivity contribution is 7.80. The van der Waals surface area contributed by atoms with E-state index in [-0.39, 0.29) is 13.0 Å². The zero-order valence-electron chi connectivity index (χ0n) is 15.4. The zero-order chi connectivity index (χ0) is 20.5. The number of nitrogens with zero attached hydrogens (tertiary/aromatic N) is 1. The molecule has 0 aliphatic carbocycles. The molecule has 2 aliphatic heterocycles. The highest BCUT2D eigenvalue weighted by atomic mass is 32.1. The van der Waals surface area contributed by atoms with Gasteiger partial charge in [-0.05, 0) is 12.1 Å². The second-order valence-corrected chi connectivity index (χ2v) is 7.57. The topological polar surface area (TPSA) is 96.3 Å². The quantitative estimate of drug-likeness (QED) is 0.391. The molecule has 7 nitrogen and oxygen atoms in total. The van der Waals surface area contributed by atoms with Crippen LogP contribution < -0.4 is 0 Å². The molecule has 2 amide bonds. The summed E-state index contributed by atoms with van der Waals surface area (Å²) < 4.78 is 11.2. The monoisotopic (exact) mass is 415 g/mol. The number of amides is 2. The van der Waals surface area contributed by atoms with E-state index in [0.717, 1.165) is 4.90 Å². The molecular formula is C21H21NO6S. The minimum absolute atomic E-state index is 0.0268. The molecule has 0 saturated carbocycles. The van der Waals surface area contributed by atoms with E-state index >= 15 is 0 Å². The van der Waals surface area contributed by atoms with E-state index in [1.807, 2.05) is 6.07 Å². The van der Waals surface area contributed by atoms with Crippen LogP contribution in [0.2, 0.25) is 0 Å². The standard InChI is InChI=1S/C21H21NO6S/c23-16-10-13(11-27-20(26)12-6-2-1-3-7-12)28-21(29)17(16)22-18(24)14-8-4-5-9-15(14)19(22)25/h1-9,13,16-17,20-21,23,26,29H,10-11H2/t13?,16-,17?,20?,21-/m0/s1. The van der Waals surface area contributed by atoms with Gasteiger partial charge in [-0.25, -0.2) is 0 Å². The lowest BCUT2D eigenvalue weighted by atomic mass is 10.00. The molecule has 5 atom stereocenters. The molecule has 0 spiro atoms. The fourth-order valence-electron chi connectivity index (χ4n) is 3.73. The van der Waals surface area contributed by atoms with Gasteiger partial charge in [-0.15, -0.1) is 12.6 Å². The highest BCUT2D eigenvalue weighted by Gasteiger charge is 2.48. The van der Waals surface area contributed by atoms with E-state index in [2.05, 4.69) is 12.6 Å². The van der Waals surface area contributed by atoms with Crippen LogP contribution >= 0.6 is 12.6 Å². The third kappa shape index (κ3) is 3.82. The lowest BCUT2D eigenvalue weighted by Crippen LogP contribution is -2.57. The number of aliphatic hydroxyl groups is 2. The number of rotatable bonds is 5. The maximum atomic E-state index is 12.7. The Hall–Kier alpha value is -2.23. The van der Waals surface area contributed by atoms with Crippen molar-refractivity contribution in [2.45, 2.75) is 36.4 Å². The van der Waals surface area contributed by atoms with Crippen LogP contribution in [0.25, 0.3) is 0 Å². The Kier molecular flexibility index (Phi) is 5.71. The Morgan fingerprint density at radius 3 is 2.24 bits per heavy atom. The van der Waals surface area contributed by atoms with Gasteiger partial charge < -0.3 is 19.7 Å². The zero-order valence-corrected chi connectivity index (χ0v) is 16.3. The summed E-state index contributed by atoms with van der Waals surface area (Å²) >= 11 is 4.38. The highest BCUT2D eigenvalue weighted by Crippen LogP contribution is 2.33. The number of thiol groups is 1. The number of fused-ring (bicyclic) bond motifs is 1. The van der Waals surface area contributed by atoms with Crippen molar-refractivity contribution in [3.05, 3.63) is 71.3 Å². The number of hydrogen-bond donors (Lipinski definition) is 3. The Balaban J connectivity index is 1.41. The van der Waals surface area contributed by atoms with Crippen molar-refractivity contribution in [1.29, 1.82) is 0 Å². The van der Waals surface area contributed by atoms with Gasteiger partial charge >= 0.3 is 0 Å². The Bertz CT molecular complexity index is 860. The Morgan fingerprint density at radius 1 is 1.07 bits per heavy atom. The summed E-state index contributed by atoms with van der Waals surface area (Å²) in [5, 5.41) is 20.8. The molecule has 1 fully saturated rings. The SMILES string of the molecule is O=C1c2ccccc2C(=O)N1C1[C@H](S)OC(COC(O)c2ccccc2)C[C@@H]1O. The molecule has 8 heteroatoms. The molecule has 0 aromatic heterocycles.